The van der Waals surface area contributed by atoms with Crippen molar-refractivity contribution in [2.75, 3.05) is 14.1 Å². The molecule has 0 aliphatic rings. The monoisotopic (exact) mass is 221 g/mol. The van der Waals surface area contributed by atoms with Gasteiger partial charge in [0.25, 0.3) is 0 Å². The number of hydrogen-bond donors (Lipinski definition) is 2. The first-order valence-corrected chi connectivity index (χ1v) is 5.91. The van der Waals surface area contributed by atoms with Crippen LogP contribution in [0.1, 0.15) is 24.8 Å². The highest BCUT2D eigenvalue weighted by Gasteiger charge is 2.01. The van der Waals surface area contributed by atoms with Gasteiger partial charge in [-0.2, -0.15) is 0 Å². The summed E-state index contributed by atoms with van der Waals surface area (Å²) in [5.74, 6) is 0. The molecule has 90 valence electrons. The molecule has 0 aliphatic heterocycles. The number of nitrogens with one attached hydrogen (secondary N) is 1. The van der Waals surface area contributed by atoms with Gasteiger partial charge in [0.15, 0.2) is 0 Å². The quantitative estimate of drug-likeness (QED) is 0.419. The van der Waals surface area contributed by atoms with Crippen LogP contribution >= 0.6 is 0 Å². The molecule has 0 heterocycles. The number of hydrogen-bond acceptors (Lipinski definition) is 3. The molecule has 1 rings (SSSR count). The SMILES string of the molecule is CN(C)NC(N)CCCCc1ccccc1. The molecule has 0 radical (unpaired) electrons. The molecule has 3 N–H and O–H groups in total. The van der Waals surface area contributed by atoms with Crippen molar-refractivity contribution in [2.24, 2.45) is 5.73 Å². The largest absolute Gasteiger partial charge is 0.315 e. The normalized spacial score (nSPS) is 13.0. The van der Waals surface area contributed by atoms with Crippen molar-refractivity contribution in [1.29, 1.82) is 0 Å². The van der Waals surface area contributed by atoms with Gasteiger partial charge in [0.2, 0.25) is 0 Å². The van der Waals surface area contributed by atoms with Crippen LogP contribution in [0.3, 0.4) is 0 Å². The molecule has 1 atom stereocenters. The lowest BCUT2D eigenvalue weighted by molar-refractivity contribution is 0.234. The van der Waals surface area contributed by atoms with E-state index in [1.807, 2.05) is 19.1 Å². The highest BCUT2D eigenvalue weighted by molar-refractivity contribution is 5.14. The van der Waals surface area contributed by atoms with Gasteiger partial charge in [-0.15, -0.1) is 0 Å². The van der Waals surface area contributed by atoms with E-state index in [0.717, 1.165) is 19.3 Å². The molecule has 0 aromatic heterocycles. The average molecular weight is 221 g/mol. The molecule has 3 heteroatoms. The molecular weight excluding hydrogens is 198 g/mol. The molecular formula is C13H23N3. The van der Waals surface area contributed by atoms with Crippen molar-refractivity contribution in [3.63, 3.8) is 0 Å². The molecule has 0 spiro atoms. The van der Waals surface area contributed by atoms with Gasteiger partial charge >= 0.3 is 0 Å². The minimum absolute atomic E-state index is 0.0748. The molecule has 0 bridgehead atoms. The van der Waals surface area contributed by atoms with Crippen molar-refractivity contribution in [3.8, 4) is 0 Å². The molecule has 0 fully saturated rings. The number of rotatable bonds is 7. The number of benzene rings is 1. The highest BCUT2D eigenvalue weighted by Crippen LogP contribution is 2.06. The van der Waals surface area contributed by atoms with Gasteiger partial charge in [-0.1, -0.05) is 36.8 Å². The van der Waals surface area contributed by atoms with Crippen molar-refractivity contribution in [1.82, 2.24) is 10.4 Å². The second-order valence-electron chi connectivity index (χ2n) is 4.36. The maximum absolute atomic E-state index is 5.90. The molecule has 1 aromatic carbocycles. The van der Waals surface area contributed by atoms with Crippen molar-refractivity contribution in [3.05, 3.63) is 35.9 Å². The molecule has 0 aliphatic carbocycles. The predicted molar refractivity (Wildman–Crippen MR) is 68.8 cm³/mol. The van der Waals surface area contributed by atoms with E-state index >= 15 is 0 Å². The number of nitrogens with two attached hydrogens (primary N) is 1. The van der Waals surface area contributed by atoms with Crippen molar-refractivity contribution in [2.45, 2.75) is 31.8 Å². The summed E-state index contributed by atoms with van der Waals surface area (Å²) in [6.07, 6.45) is 4.61. The minimum atomic E-state index is 0.0748. The Balaban J connectivity index is 2.08. The summed E-state index contributed by atoms with van der Waals surface area (Å²) in [6.45, 7) is 0. The van der Waals surface area contributed by atoms with Gasteiger partial charge in [-0.3, -0.25) is 0 Å². The van der Waals surface area contributed by atoms with Crippen LogP contribution < -0.4 is 11.2 Å². The molecule has 0 saturated carbocycles. The zero-order valence-corrected chi connectivity index (χ0v) is 10.3. The summed E-state index contributed by atoms with van der Waals surface area (Å²) in [7, 11) is 3.92. The summed E-state index contributed by atoms with van der Waals surface area (Å²) < 4.78 is 0. The molecule has 0 amide bonds. The minimum Gasteiger partial charge on any atom is -0.315 e. The molecule has 1 aromatic rings. The fourth-order valence-corrected chi connectivity index (χ4v) is 1.73. The Morgan fingerprint density at radius 3 is 2.50 bits per heavy atom. The van der Waals surface area contributed by atoms with Crippen LogP contribution in [-0.2, 0) is 6.42 Å². The van der Waals surface area contributed by atoms with E-state index in [2.05, 4.69) is 35.8 Å². The van der Waals surface area contributed by atoms with Crippen LogP contribution in [0.25, 0.3) is 0 Å². The summed E-state index contributed by atoms with van der Waals surface area (Å²) in [4.78, 5) is 0. The fraction of sp³-hybridized carbons (Fsp3) is 0.538. The second kappa shape index (κ2) is 7.39. The first-order chi connectivity index (χ1) is 7.68. The van der Waals surface area contributed by atoms with E-state index in [1.165, 1.54) is 12.0 Å². The van der Waals surface area contributed by atoms with E-state index in [-0.39, 0.29) is 6.17 Å². The van der Waals surface area contributed by atoms with Gasteiger partial charge in [0.1, 0.15) is 0 Å². The first kappa shape index (κ1) is 13.2. The van der Waals surface area contributed by atoms with Gasteiger partial charge in [-0.05, 0) is 24.8 Å². The molecule has 1 unspecified atom stereocenters. The van der Waals surface area contributed by atoms with E-state index < -0.39 is 0 Å². The Hall–Kier alpha value is -0.900. The average Bonchev–Trinajstić information content (AvgIpc) is 2.25. The smallest absolute Gasteiger partial charge is 0.0681 e. The Kier molecular flexibility index (Phi) is 6.08. The Morgan fingerprint density at radius 2 is 1.88 bits per heavy atom. The molecule has 0 saturated heterocycles. The Morgan fingerprint density at radius 1 is 1.19 bits per heavy atom. The summed E-state index contributed by atoms with van der Waals surface area (Å²) in [5.41, 5.74) is 10.5. The zero-order valence-electron chi connectivity index (χ0n) is 10.3. The molecule has 16 heavy (non-hydrogen) atoms. The third-order valence-electron chi connectivity index (χ3n) is 2.50. The summed E-state index contributed by atoms with van der Waals surface area (Å²) in [5, 5.41) is 1.90. The van der Waals surface area contributed by atoms with E-state index in [4.69, 9.17) is 5.73 Å². The van der Waals surface area contributed by atoms with Gasteiger partial charge < -0.3 is 5.73 Å². The number of nitrogens with zero attached hydrogens (tertiary/aromatic N) is 1. The van der Waals surface area contributed by atoms with E-state index in [0.29, 0.717) is 0 Å². The summed E-state index contributed by atoms with van der Waals surface area (Å²) in [6, 6.07) is 10.6. The number of aryl methyl sites for hydroxylation is 1. The third kappa shape index (κ3) is 5.85. The highest BCUT2D eigenvalue weighted by atomic mass is 15.5. The lowest BCUT2D eigenvalue weighted by Gasteiger charge is -2.18. The number of hydrazine groups is 1. The van der Waals surface area contributed by atoms with Crippen molar-refractivity contribution >= 4 is 0 Å². The van der Waals surface area contributed by atoms with E-state index in [1.54, 1.807) is 0 Å². The second-order valence-corrected chi connectivity index (χ2v) is 4.36. The van der Waals surface area contributed by atoms with Crippen LogP contribution in [0.5, 0.6) is 0 Å². The Bertz CT molecular complexity index is 272. The fourth-order valence-electron chi connectivity index (χ4n) is 1.73. The van der Waals surface area contributed by atoms with E-state index in [9.17, 15) is 0 Å². The predicted octanol–water partition coefficient (Wildman–Crippen LogP) is 1.75. The van der Waals surface area contributed by atoms with Crippen LogP contribution in [0, 0.1) is 0 Å². The standard InChI is InChI=1S/C13H23N3/c1-16(2)15-13(14)11-7-6-10-12-8-4-3-5-9-12/h3-5,8-9,13,15H,6-7,10-11,14H2,1-2H3. The van der Waals surface area contributed by atoms with Gasteiger partial charge in [0, 0.05) is 14.1 Å². The number of unbranched alkanes of at least 4 members (excludes halogenated alkanes) is 1. The van der Waals surface area contributed by atoms with Gasteiger partial charge in [-0.25, -0.2) is 10.4 Å². The lowest BCUT2D eigenvalue weighted by Crippen LogP contribution is -2.45. The topological polar surface area (TPSA) is 41.3 Å². The molecule has 3 nitrogen and oxygen atoms in total. The maximum atomic E-state index is 5.90. The zero-order chi connectivity index (χ0) is 11.8. The van der Waals surface area contributed by atoms with Crippen LogP contribution in [-0.4, -0.2) is 25.3 Å². The maximum Gasteiger partial charge on any atom is 0.0681 e. The Labute approximate surface area is 98.6 Å². The first-order valence-electron chi connectivity index (χ1n) is 5.91. The van der Waals surface area contributed by atoms with Crippen LogP contribution in [0.2, 0.25) is 0 Å². The van der Waals surface area contributed by atoms with Crippen LogP contribution in [0.15, 0.2) is 30.3 Å². The van der Waals surface area contributed by atoms with Crippen LogP contribution in [0.4, 0.5) is 0 Å². The van der Waals surface area contributed by atoms with Gasteiger partial charge in [0.05, 0.1) is 6.17 Å². The lowest BCUT2D eigenvalue weighted by atomic mass is 10.1. The summed E-state index contributed by atoms with van der Waals surface area (Å²) >= 11 is 0. The third-order valence-corrected chi connectivity index (χ3v) is 2.50. The van der Waals surface area contributed by atoms with Crippen molar-refractivity contribution < 1.29 is 0 Å².